The molecule has 5 nitrogen and oxygen atoms in total. The normalized spacial score (nSPS) is 10.4. The number of carbonyl (C=O) groups is 1. The van der Waals surface area contributed by atoms with Gasteiger partial charge < -0.3 is 13.9 Å². The minimum absolute atomic E-state index is 0.211. The van der Waals surface area contributed by atoms with E-state index in [2.05, 4.69) is 9.72 Å². The van der Waals surface area contributed by atoms with Crippen molar-refractivity contribution in [1.82, 2.24) is 4.98 Å². The standard InChI is InChI=1S/C16H19NO4/c1-11-13(9-6-10-15(18)20-3)21-16(17-11)12-7-4-5-8-14(12)19-2/h4-5,7-8H,6,9-10H2,1-3H3. The largest absolute Gasteiger partial charge is 0.496 e. The first kappa shape index (κ1) is 15.1. The molecule has 1 aromatic carbocycles. The van der Waals surface area contributed by atoms with Crippen LogP contribution in [0.3, 0.4) is 0 Å². The highest BCUT2D eigenvalue weighted by Crippen LogP contribution is 2.30. The van der Waals surface area contributed by atoms with Crippen LogP contribution in [0.15, 0.2) is 28.7 Å². The summed E-state index contributed by atoms with van der Waals surface area (Å²) in [5, 5.41) is 0. The predicted molar refractivity (Wildman–Crippen MR) is 78.2 cm³/mol. The highest BCUT2D eigenvalue weighted by Gasteiger charge is 2.15. The fraction of sp³-hybridized carbons (Fsp3) is 0.375. The van der Waals surface area contributed by atoms with Crippen molar-refractivity contribution < 1.29 is 18.7 Å². The van der Waals surface area contributed by atoms with Crippen LogP contribution in [0.2, 0.25) is 0 Å². The number of nitrogens with zero attached hydrogens (tertiary/aromatic N) is 1. The second kappa shape index (κ2) is 6.92. The van der Waals surface area contributed by atoms with E-state index in [9.17, 15) is 4.79 Å². The number of methoxy groups -OCH3 is 2. The van der Waals surface area contributed by atoms with E-state index >= 15 is 0 Å². The van der Waals surface area contributed by atoms with Crippen LogP contribution in [-0.4, -0.2) is 25.2 Å². The Balaban J connectivity index is 2.13. The molecule has 2 rings (SSSR count). The quantitative estimate of drug-likeness (QED) is 0.764. The van der Waals surface area contributed by atoms with Crippen molar-refractivity contribution in [3.8, 4) is 17.2 Å². The Morgan fingerprint density at radius 3 is 2.76 bits per heavy atom. The molecule has 0 aliphatic heterocycles. The molecule has 0 saturated carbocycles. The molecular weight excluding hydrogens is 270 g/mol. The summed E-state index contributed by atoms with van der Waals surface area (Å²) in [5.74, 6) is 1.84. The molecule has 5 heteroatoms. The molecule has 2 aromatic rings. The van der Waals surface area contributed by atoms with E-state index in [1.807, 2.05) is 31.2 Å². The van der Waals surface area contributed by atoms with E-state index < -0.39 is 0 Å². The Morgan fingerprint density at radius 2 is 2.05 bits per heavy atom. The van der Waals surface area contributed by atoms with Gasteiger partial charge in [0.25, 0.3) is 0 Å². The van der Waals surface area contributed by atoms with Gasteiger partial charge in [-0.2, -0.15) is 0 Å². The zero-order chi connectivity index (χ0) is 15.2. The van der Waals surface area contributed by atoms with Gasteiger partial charge in [-0.25, -0.2) is 4.98 Å². The van der Waals surface area contributed by atoms with Crippen molar-refractivity contribution in [3.05, 3.63) is 35.7 Å². The number of rotatable bonds is 6. The summed E-state index contributed by atoms with van der Waals surface area (Å²) in [6.45, 7) is 1.90. The molecule has 0 unspecified atom stereocenters. The number of carbonyl (C=O) groups excluding carboxylic acids is 1. The van der Waals surface area contributed by atoms with Gasteiger partial charge in [-0.1, -0.05) is 12.1 Å². The molecule has 112 valence electrons. The van der Waals surface area contributed by atoms with Gasteiger partial charge in [0.05, 0.1) is 25.5 Å². The second-order valence-electron chi connectivity index (χ2n) is 4.66. The molecule has 1 aromatic heterocycles. The number of esters is 1. The number of oxazole rings is 1. The highest BCUT2D eigenvalue weighted by atomic mass is 16.5. The Kier molecular flexibility index (Phi) is 4.98. The first-order valence-electron chi connectivity index (χ1n) is 6.82. The lowest BCUT2D eigenvalue weighted by molar-refractivity contribution is -0.140. The van der Waals surface area contributed by atoms with Crippen LogP contribution in [0.5, 0.6) is 5.75 Å². The van der Waals surface area contributed by atoms with Crippen LogP contribution in [0.1, 0.15) is 24.3 Å². The fourth-order valence-corrected chi connectivity index (χ4v) is 2.09. The lowest BCUT2D eigenvalue weighted by Gasteiger charge is -2.03. The van der Waals surface area contributed by atoms with Gasteiger partial charge in [0.15, 0.2) is 0 Å². The molecule has 0 bridgehead atoms. The van der Waals surface area contributed by atoms with E-state index in [4.69, 9.17) is 9.15 Å². The van der Waals surface area contributed by atoms with Crippen molar-refractivity contribution in [1.29, 1.82) is 0 Å². The number of hydrogen-bond donors (Lipinski definition) is 0. The van der Waals surface area contributed by atoms with Gasteiger partial charge in [-0.15, -0.1) is 0 Å². The third kappa shape index (κ3) is 3.62. The van der Waals surface area contributed by atoms with Gasteiger partial charge in [0.1, 0.15) is 11.5 Å². The fourth-order valence-electron chi connectivity index (χ4n) is 2.09. The van der Waals surface area contributed by atoms with Crippen LogP contribution in [0, 0.1) is 6.92 Å². The maximum atomic E-state index is 11.1. The van der Waals surface area contributed by atoms with Crippen molar-refractivity contribution in [2.45, 2.75) is 26.2 Å². The lowest BCUT2D eigenvalue weighted by atomic mass is 10.2. The molecule has 21 heavy (non-hydrogen) atoms. The summed E-state index contributed by atoms with van der Waals surface area (Å²) in [5.41, 5.74) is 1.66. The molecule has 0 amide bonds. The van der Waals surface area contributed by atoms with Gasteiger partial charge in [0, 0.05) is 12.8 Å². The van der Waals surface area contributed by atoms with Gasteiger partial charge >= 0.3 is 5.97 Å². The molecule has 1 heterocycles. The Hall–Kier alpha value is -2.30. The maximum absolute atomic E-state index is 11.1. The number of para-hydroxylation sites is 1. The van der Waals surface area contributed by atoms with Crippen molar-refractivity contribution >= 4 is 5.97 Å². The summed E-state index contributed by atoms with van der Waals surface area (Å²) < 4.78 is 15.8. The van der Waals surface area contributed by atoms with Crippen molar-refractivity contribution in [2.24, 2.45) is 0 Å². The van der Waals surface area contributed by atoms with E-state index in [0.717, 1.165) is 22.8 Å². The van der Waals surface area contributed by atoms with Gasteiger partial charge in [-0.05, 0) is 25.5 Å². The average molecular weight is 289 g/mol. The lowest BCUT2D eigenvalue weighted by Crippen LogP contribution is -2.00. The minimum atomic E-state index is -0.211. The molecule has 0 atom stereocenters. The third-order valence-corrected chi connectivity index (χ3v) is 3.24. The number of aryl methyl sites for hydroxylation is 2. The maximum Gasteiger partial charge on any atom is 0.305 e. The molecule has 0 spiro atoms. The van der Waals surface area contributed by atoms with E-state index in [-0.39, 0.29) is 5.97 Å². The average Bonchev–Trinajstić information content (AvgIpc) is 2.88. The third-order valence-electron chi connectivity index (χ3n) is 3.24. The van der Waals surface area contributed by atoms with Gasteiger partial charge in [0.2, 0.25) is 5.89 Å². The summed E-state index contributed by atoms with van der Waals surface area (Å²) >= 11 is 0. The Bertz CT molecular complexity index is 618. The minimum Gasteiger partial charge on any atom is -0.496 e. The number of ether oxygens (including phenoxy) is 2. The molecule has 0 radical (unpaired) electrons. The van der Waals surface area contributed by atoms with Crippen LogP contribution in [-0.2, 0) is 16.0 Å². The van der Waals surface area contributed by atoms with Gasteiger partial charge in [-0.3, -0.25) is 4.79 Å². The van der Waals surface area contributed by atoms with Crippen LogP contribution in [0.4, 0.5) is 0 Å². The second-order valence-corrected chi connectivity index (χ2v) is 4.66. The van der Waals surface area contributed by atoms with Crippen LogP contribution >= 0.6 is 0 Å². The van der Waals surface area contributed by atoms with E-state index in [1.54, 1.807) is 7.11 Å². The molecular formula is C16H19NO4. The Morgan fingerprint density at radius 1 is 1.29 bits per heavy atom. The summed E-state index contributed by atoms with van der Waals surface area (Å²) in [7, 11) is 3.01. The predicted octanol–water partition coefficient (Wildman–Crippen LogP) is 3.15. The highest BCUT2D eigenvalue weighted by molar-refractivity contribution is 5.69. The van der Waals surface area contributed by atoms with Crippen molar-refractivity contribution in [3.63, 3.8) is 0 Å². The number of aromatic nitrogens is 1. The number of hydrogen-bond acceptors (Lipinski definition) is 5. The first-order chi connectivity index (χ1) is 10.2. The first-order valence-corrected chi connectivity index (χ1v) is 6.82. The van der Waals surface area contributed by atoms with Crippen LogP contribution < -0.4 is 4.74 Å². The van der Waals surface area contributed by atoms with Crippen LogP contribution in [0.25, 0.3) is 11.5 Å². The monoisotopic (exact) mass is 289 g/mol. The summed E-state index contributed by atoms with van der Waals surface area (Å²) in [6.07, 6.45) is 1.71. The SMILES string of the molecule is COC(=O)CCCc1oc(-c2ccccc2OC)nc1C. The zero-order valence-corrected chi connectivity index (χ0v) is 12.5. The Labute approximate surface area is 123 Å². The summed E-state index contributed by atoms with van der Waals surface area (Å²) in [6, 6.07) is 7.58. The van der Waals surface area contributed by atoms with E-state index in [0.29, 0.717) is 25.2 Å². The smallest absolute Gasteiger partial charge is 0.305 e. The molecule has 0 aliphatic rings. The number of benzene rings is 1. The molecule has 0 N–H and O–H groups in total. The molecule has 0 aliphatic carbocycles. The van der Waals surface area contributed by atoms with E-state index in [1.165, 1.54) is 7.11 Å². The topological polar surface area (TPSA) is 61.6 Å². The summed E-state index contributed by atoms with van der Waals surface area (Å²) in [4.78, 5) is 15.6. The van der Waals surface area contributed by atoms with Crippen molar-refractivity contribution in [2.75, 3.05) is 14.2 Å². The zero-order valence-electron chi connectivity index (χ0n) is 12.5. The molecule has 0 fully saturated rings. The molecule has 0 saturated heterocycles.